The number of thiol groups is 1. The van der Waals surface area contributed by atoms with Crippen LogP contribution in [-0.2, 0) is 0 Å². The molecule has 0 aromatic carbocycles. The van der Waals surface area contributed by atoms with Crippen molar-refractivity contribution in [3.8, 4) is 0 Å². The zero-order valence-corrected chi connectivity index (χ0v) is 8.14. The van der Waals surface area contributed by atoms with Gasteiger partial charge in [-0.25, -0.2) is 0 Å². The summed E-state index contributed by atoms with van der Waals surface area (Å²) in [5.41, 5.74) is 0. The molecule has 0 aromatic heterocycles. The van der Waals surface area contributed by atoms with Crippen LogP contribution >= 0.6 is 12.6 Å². The molecule has 64 valence electrons. The van der Waals surface area contributed by atoms with Crippen LogP contribution < -0.4 is 0 Å². The Balaban J connectivity index is 2.36. The number of aliphatic imine (C=N–C) groups is 1. The number of hydrogen-bond acceptors (Lipinski definition) is 3. The summed E-state index contributed by atoms with van der Waals surface area (Å²) in [5.74, 6) is 0. The predicted octanol–water partition coefficient (Wildman–Crippen LogP) is 1.43. The van der Waals surface area contributed by atoms with Crippen LogP contribution in [0.1, 0.15) is 20.3 Å². The van der Waals surface area contributed by atoms with Crippen LogP contribution in [0.3, 0.4) is 0 Å². The fourth-order valence-corrected chi connectivity index (χ4v) is 1.39. The zero-order valence-electron chi connectivity index (χ0n) is 7.25. The Morgan fingerprint density at radius 2 is 2.36 bits per heavy atom. The van der Waals surface area contributed by atoms with Crippen molar-refractivity contribution >= 4 is 19.0 Å². The SMILES string of the molecule is CC(C)(S)CN1C=NCCC1. The Morgan fingerprint density at radius 1 is 1.64 bits per heavy atom. The molecule has 0 saturated carbocycles. The zero-order chi connectivity index (χ0) is 8.32. The highest BCUT2D eigenvalue weighted by Gasteiger charge is 2.15. The molecule has 0 unspecified atom stereocenters. The third-order valence-electron chi connectivity index (χ3n) is 1.57. The summed E-state index contributed by atoms with van der Waals surface area (Å²) >= 11 is 4.46. The Bertz CT molecular complexity index is 149. The summed E-state index contributed by atoms with van der Waals surface area (Å²) in [4.78, 5) is 6.44. The van der Waals surface area contributed by atoms with E-state index < -0.39 is 0 Å². The first kappa shape index (κ1) is 8.91. The van der Waals surface area contributed by atoms with E-state index in [0.717, 1.165) is 19.6 Å². The van der Waals surface area contributed by atoms with E-state index in [0.29, 0.717) is 0 Å². The van der Waals surface area contributed by atoms with Gasteiger partial charge >= 0.3 is 0 Å². The van der Waals surface area contributed by atoms with Crippen molar-refractivity contribution in [3.05, 3.63) is 0 Å². The molecule has 0 N–H and O–H groups in total. The van der Waals surface area contributed by atoms with Gasteiger partial charge in [-0.3, -0.25) is 4.99 Å². The van der Waals surface area contributed by atoms with Gasteiger partial charge in [0.25, 0.3) is 0 Å². The van der Waals surface area contributed by atoms with Gasteiger partial charge in [-0.2, -0.15) is 12.6 Å². The highest BCUT2D eigenvalue weighted by Crippen LogP contribution is 2.13. The molecular formula is C8H16N2S. The van der Waals surface area contributed by atoms with E-state index in [2.05, 4.69) is 36.4 Å². The average molecular weight is 172 g/mol. The van der Waals surface area contributed by atoms with Gasteiger partial charge < -0.3 is 4.90 Å². The molecule has 1 aliphatic rings. The summed E-state index contributed by atoms with van der Waals surface area (Å²) < 4.78 is 0.0867. The quantitative estimate of drug-likeness (QED) is 0.623. The van der Waals surface area contributed by atoms with Crippen LogP contribution in [0.15, 0.2) is 4.99 Å². The first-order chi connectivity index (χ1) is 5.08. The smallest absolute Gasteiger partial charge is 0.0850 e. The van der Waals surface area contributed by atoms with Crippen molar-refractivity contribution in [3.63, 3.8) is 0 Å². The van der Waals surface area contributed by atoms with Gasteiger partial charge in [-0.1, -0.05) is 0 Å². The summed E-state index contributed by atoms with van der Waals surface area (Å²) in [6.45, 7) is 7.35. The highest BCUT2D eigenvalue weighted by molar-refractivity contribution is 7.81. The molecule has 1 aliphatic heterocycles. The lowest BCUT2D eigenvalue weighted by atomic mass is 10.2. The molecule has 0 aliphatic carbocycles. The molecule has 0 bridgehead atoms. The lowest BCUT2D eigenvalue weighted by Gasteiger charge is -2.29. The standard InChI is InChI=1S/C8H16N2S/c1-8(2,11)6-10-5-3-4-9-7-10/h7,11H,3-6H2,1-2H3. The van der Waals surface area contributed by atoms with Crippen molar-refractivity contribution in [2.45, 2.75) is 25.0 Å². The van der Waals surface area contributed by atoms with Crippen molar-refractivity contribution in [2.24, 2.45) is 4.99 Å². The molecular weight excluding hydrogens is 156 g/mol. The maximum Gasteiger partial charge on any atom is 0.0850 e. The van der Waals surface area contributed by atoms with E-state index in [4.69, 9.17) is 0 Å². The minimum atomic E-state index is 0.0867. The van der Waals surface area contributed by atoms with Crippen molar-refractivity contribution in [2.75, 3.05) is 19.6 Å². The summed E-state index contributed by atoms with van der Waals surface area (Å²) in [5, 5.41) is 0. The van der Waals surface area contributed by atoms with Crippen LogP contribution in [0.4, 0.5) is 0 Å². The van der Waals surface area contributed by atoms with Crippen molar-refractivity contribution in [1.82, 2.24) is 4.90 Å². The molecule has 11 heavy (non-hydrogen) atoms. The van der Waals surface area contributed by atoms with E-state index in [9.17, 15) is 0 Å². The van der Waals surface area contributed by atoms with Crippen LogP contribution in [0.5, 0.6) is 0 Å². The number of hydrogen-bond donors (Lipinski definition) is 1. The van der Waals surface area contributed by atoms with E-state index >= 15 is 0 Å². The van der Waals surface area contributed by atoms with E-state index in [1.165, 1.54) is 6.42 Å². The maximum atomic E-state index is 4.46. The molecule has 0 saturated heterocycles. The molecule has 0 fully saturated rings. The third kappa shape index (κ3) is 3.65. The lowest BCUT2D eigenvalue weighted by Crippen LogP contribution is -2.36. The monoisotopic (exact) mass is 172 g/mol. The van der Waals surface area contributed by atoms with E-state index in [1.807, 2.05) is 6.34 Å². The average Bonchev–Trinajstić information content (AvgIpc) is 1.85. The first-order valence-electron chi connectivity index (χ1n) is 4.04. The van der Waals surface area contributed by atoms with Gasteiger partial charge in [0.1, 0.15) is 0 Å². The van der Waals surface area contributed by atoms with Crippen LogP contribution in [-0.4, -0.2) is 35.6 Å². The molecule has 3 heteroatoms. The van der Waals surface area contributed by atoms with Crippen LogP contribution in [0.2, 0.25) is 0 Å². The summed E-state index contributed by atoms with van der Waals surface area (Å²) in [6, 6.07) is 0. The van der Waals surface area contributed by atoms with Gasteiger partial charge in [-0.05, 0) is 20.3 Å². The molecule has 0 amide bonds. The summed E-state index contributed by atoms with van der Waals surface area (Å²) in [7, 11) is 0. The molecule has 0 radical (unpaired) electrons. The van der Waals surface area contributed by atoms with Gasteiger partial charge in [0.15, 0.2) is 0 Å². The van der Waals surface area contributed by atoms with Crippen LogP contribution in [0.25, 0.3) is 0 Å². The second-order valence-corrected chi connectivity index (χ2v) is 4.87. The van der Waals surface area contributed by atoms with Gasteiger partial charge in [0.05, 0.1) is 6.34 Å². The molecule has 0 aromatic rings. The Morgan fingerprint density at radius 3 is 2.82 bits per heavy atom. The first-order valence-corrected chi connectivity index (χ1v) is 4.49. The number of rotatable bonds is 2. The van der Waals surface area contributed by atoms with Gasteiger partial charge in [0, 0.05) is 24.4 Å². The second-order valence-electron chi connectivity index (χ2n) is 3.66. The lowest BCUT2D eigenvalue weighted by molar-refractivity contribution is 0.377. The molecule has 0 spiro atoms. The normalized spacial score (nSPS) is 19.0. The van der Waals surface area contributed by atoms with E-state index in [1.54, 1.807) is 0 Å². The maximum absolute atomic E-state index is 4.46. The molecule has 2 nitrogen and oxygen atoms in total. The number of nitrogens with zero attached hydrogens (tertiary/aromatic N) is 2. The van der Waals surface area contributed by atoms with E-state index in [-0.39, 0.29) is 4.75 Å². The van der Waals surface area contributed by atoms with Crippen LogP contribution in [0, 0.1) is 0 Å². The van der Waals surface area contributed by atoms with Gasteiger partial charge in [-0.15, -0.1) is 0 Å². The molecule has 1 heterocycles. The minimum Gasteiger partial charge on any atom is -0.362 e. The fraction of sp³-hybridized carbons (Fsp3) is 0.875. The molecule has 0 atom stereocenters. The molecule has 1 rings (SSSR count). The van der Waals surface area contributed by atoms with Gasteiger partial charge in [0.2, 0.25) is 0 Å². The second kappa shape index (κ2) is 3.48. The fourth-order valence-electron chi connectivity index (χ4n) is 1.21. The Hall–Kier alpha value is -0.180. The Labute approximate surface area is 74.1 Å². The largest absolute Gasteiger partial charge is 0.362 e. The minimum absolute atomic E-state index is 0.0867. The summed E-state index contributed by atoms with van der Waals surface area (Å²) in [6.07, 6.45) is 3.13. The highest BCUT2D eigenvalue weighted by atomic mass is 32.1. The Kier molecular flexibility index (Phi) is 2.82. The third-order valence-corrected chi connectivity index (χ3v) is 1.71. The van der Waals surface area contributed by atoms with Crippen molar-refractivity contribution in [1.29, 1.82) is 0 Å². The van der Waals surface area contributed by atoms with Crippen molar-refractivity contribution < 1.29 is 0 Å². The predicted molar refractivity (Wildman–Crippen MR) is 52.6 cm³/mol. The topological polar surface area (TPSA) is 15.6 Å².